The molecule has 0 atom stereocenters. The zero-order valence-electron chi connectivity index (χ0n) is 18.5. The number of anilines is 2. The number of pyridine rings is 1. The lowest BCUT2D eigenvalue weighted by Gasteiger charge is -2.35. The number of ether oxygens (including phenoxy) is 2. The maximum atomic E-state index is 12.7. The smallest absolute Gasteiger partial charge is 0.259 e. The second-order valence-electron chi connectivity index (χ2n) is 7.67. The molecule has 7 nitrogen and oxygen atoms in total. The van der Waals surface area contributed by atoms with Gasteiger partial charge in [-0.2, -0.15) is 0 Å². The third kappa shape index (κ3) is 5.18. The van der Waals surface area contributed by atoms with E-state index in [2.05, 4.69) is 38.3 Å². The zero-order chi connectivity index (χ0) is 22.3. The van der Waals surface area contributed by atoms with E-state index in [1.807, 2.05) is 30.5 Å². The van der Waals surface area contributed by atoms with E-state index in [9.17, 15) is 4.79 Å². The minimum Gasteiger partial charge on any atom is -0.497 e. The number of nitrogens with one attached hydrogen (secondary N) is 1. The van der Waals surface area contributed by atoms with Crippen molar-refractivity contribution in [2.24, 2.45) is 0 Å². The number of nitrogens with zero attached hydrogens (tertiary/aromatic N) is 3. The van der Waals surface area contributed by atoms with Crippen LogP contribution in [0.15, 0.2) is 66.9 Å². The zero-order valence-corrected chi connectivity index (χ0v) is 18.5. The van der Waals surface area contributed by atoms with Crippen molar-refractivity contribution in [2.75, 3.05) is 50.6 Å². The van der Waals surface area contributed by atoms with Crippen LogP contribution in [0, 0.1) is 0 Å². The Morgan fingerprint density at radius 3 is 2.41 bits per heavy atom. The van der Waals surface area contributed by atoms with Gasteiger partial charge in [-0.3, -0.25) is 9.69 Å². The number of aromatic nitrogens is 1. The molecule has 1 fully saturated rings. The van der Waals surface area contributed by atoms with Crippen LogP contribution in [0.2, 0.25) is 0 Å². The van der Waals surface area contributed by atoms with E-state index < -0.39 is 0 Å². The lowest BCUT2D eigenvalue weighted by molar-refractivity contribution is 0.102. The molecular weight excluding hydrogens is 404 g/mol. The van der Waals surface area contributed by atoms with E-state index in [-0.39, 0.29) is 5.91 Å². The summed E-state index contributed by atoms with van der Waals surface area (Å²) in [4.78, 5) is 21.9. The van der Waals surface area contributed by atoms with Crippen LogP contribution < -0.4 is 19.7 Å². The maximum Gasteiger partial charge on any atom is 0.259 e. The van der Waals surface area contributed by atoms with Crippen LogP contribution in [0.4, 0.5) is 11.5 Å². The predicted molar refractivity (Wildman–Crippen MR) is 126 cm³/mol. The number of carbonyl (C=O) groups is 1. The molecule has 0 bridgehead atoms. The molecule has 3 aromatic rings. The summed E-state index contributed by atoms with van der Waals surface area (Å²) in [5.74, 6) is 1.94. The third-order valence-corrected chi connectivity index (χ3v) is 5.62. The molecule has 1 aliphatic rings. The van der Waals surface area contributed by atoms with Gasteiger partial charge in [-0.15, -0.1) is 0 Å². The molecule has 1 aliphatic heterocycles. The van der Waals surface area contributed by atoms with Gasteiger partial charge >= 0.3 is 0 Å². The Kier molecular flexibility index (Phi) is 6.87. The van der Waals surface area contributed by atoms with Gasteiger partial charge in [-0.1, -0.05) is 18.2 Å². The van der Waals surface area contributed by atoms with Crippen molar-refractivity contribution in [2.45, 2.75) is 6.54 Å². The summed E-state index contributed by atoms with van der Waals surface area (Å²) >= 11 is 0. The normalized spacial score (nSPS) is 14.1. The van der Waals surface area contributed by atoms with Crippen LogP contribution in [0.3, 0.4) is 0 Å². The molecule has 0 unspecified atom stereocenters. The first-order valence-electron chi connectivity index (χ1n) is 10.7. The fourth-order valence-electron chi connectivity index (χ4n) is 3.81. The maximum absolute atomic E-state index is 12.7. The first kappa shape index (κ1) is 21.6. The molecule has 166 valence electrons. The Morgan fingerprint density at radius 2 is 1.75 bits per heavy atom. The number of hydrogen-bond donors (Lipinski definition) is 1. The lowest BCUT2D eigenvalue weighted by atomic mass is 10.1. The van der Waals surface area contributed by atoms with Crippen molar-refractivity contribution in [1.29, 1.82) is 0 Å². The molecule has 1 saturated heterocycles. The first-order chi connectivity index (χ1) is 15.7. The summed E-state index contributed by atoms with van der Waals surface area (Å²) in [6.07, 6.45) is 1.84. The molecule has 0 spiro atoms. The standard InChI is InChI=1S/C25H28N4O3/c1-31-21-10-11-22(23(17-21)32-2)25(30)27-20-8-6-19(7-9-20)18-28-13-15-29(16-14-28)24-5-3-4-12-26-24/h3-12,17H,13-16,18H2,1-2H3,(H,27,30). The summed E-state index contributed by atoms with van der Waals surface area (Å²) in [5, 5.41) is 2.94. The van der Waals surface area contributed by atoms with Crippen LogP contribution in [-0.4, -0.2) is 56.2 Å². The Morgan fingerprint density at radius 1 is 0.969 bits per heavy atom. The second-order valence-corrected chi connectivity index (χ2v) is 7.67. The van der Waals surface area contributed by atoms with E-state index in [0.717, 1.165) is 44.2 Å². The molecule has 4 rings (SSSR count). The van der Waals surface area contributed by atoms with Gasteiger partial charge in [0.05, 0.1) is 19.8 Å². The highest BCUT2D eigenvalue weighted by molar-refractivity contribution is 6.06. The van der Waals surface area contributed by atoms with Crippen molar-refractivity contribution in [1.82, 2.24) is 9.88 Å². The summed E-state index contributed by atoms with van der Waals surface area (Å²) in [6.45, 7) is 4.80. The molecule has 1 N–H and O–H groups in total. The highest BCUT2D eigenvalue weighted by Gasteiger charge is 2.18. The minimum atomic E-state index is -0.220. The fourth-order valence-corrected chi connectivity index (χ4v) is 3.81. The topological polar surface area (TPSA) is 66.9 Å². The van der Waals surface area contributed by atoms with E-state index in [1.54, 1.807) is 25.3 Å². The van der Waals surface area contributed by atoms with E-state index >= 15 is 0 Å². The fraction of sp³-hybridized carbons (Fsp3) is 0.280. The molecular formula is C25H28N4O3. The molecule has 2 heterocycles. The molecule has 1 amide bonds. The summed E-state index contributed by atoms with van der Waals surface area (Å²) in [5.41, 5.74) is 2.43. The summed E-state index contributed by atoms with van der Waals surface area (Å²) < 4.78 is 10.5. The number of benzene rings is 2. The Bertz CT molecular complexity index is 1030. The van der Waals surface area contributed by atoms with Crippen molar-refractivity contribution in [3.05, 3.63) is 78.0 Å². The number of rotatable bonds is 7. The number of amides is 1. The van der Waals surface area contributed by atoms with Crippen molar-refractivity contribution >= 4 is 17.4 Å². The van der Waals surface area contributed by atoms with Gasteiger partial charge in [0.25, 0.3) is 5.91 Å². The van der Waals surface area contributed by atoms with Gasteiger partial charge in [0.2, 0.25) is 0 Å². The molecule has 0 aliphatic carbocycles. The van der Waals surface area contributed by atoms with Gasteiger partial charge in [0.1, 0.15) is 17.3 Å². The largest absolute Gasteiger partial charge is 0.497 e. The van der Waals surface area contributed by atoms with E-state index in [4.69, 9.17) is 9.47 Å². The molecule has 1 aromatic heterocycles. The van der Waals surface area contributed by atoms with Gasteiger partial charge < -0.3 is 19.7 Å². The van der Waals surface area contributed by atoms with E-state index in [1.165, 1.54) is 12.7 Å². The Balaban J connectivity index is 1.31. The number of hydrogen-bond acceptors (Lipinski definition) is 6. The number of carbonyl (C=O) groups excluding carboxylic acids is 1. The molecule has 2 aromatic carbocycles. The van der Waals surface area contributed by atoms with Crippen LogP contribution in [0.25, 0.3) is 0 Å². The highest BCUT2D eigenvalue weighted by Crippen LogP contribution is 2.25. The highest BCUT2D eigenvalue weighted by atomic mass is 16.5. The average Bonchev–Trinajstić information content (AvgIpc) is 2.85. The third-order valence-electron chi connectivity index (χ3n) is 5.62. The van der Waals surface area contributed by atoms with Gasteiger partial charge in [-0.25, -0.2) is 4.98 Å². The molecule has 7 heteroatoms. The Labute approximate surface area is 188 Å². The number of piperazine rings is 1. The molecule has 32 heavy (non-hydrogen) atoms. The first-order valence-corrected chi connectivity index (χ1v) is 10.7. The lowest BCUT2D eigenvalue weighted by Crippen LogP contribution is -2.46. The van der Waals surface area contributed by atoms with Crippen LogP contribution in [-0.2, 0) is 6.54 Å². The average molecular weight is 433 g/mol. The van der Waals surface area contributed by atoms with Gasteiger partial charge in [0.15, 0.2) is 0 Å². The minimum absolute atomic E-state index is 0.220. The second kappa shape index (κ2) is 10.2. The van der Waals surface area contributed by atoms with Gasteiger partial charge in [0, 0.05) is 50.7 Å². The van der Waals surface area contributed by atoms with Crippen LogP contribution in [0.1, 0.15) is 15.9 Å². The van der Waals surface area contributed by atoms with Crippen LogP contribution in [0.5, 0.6) is 11.5 Å². The SMILES string of the molecule is COc1ccc(C(=O)Nc2ccc(CN3CCN(c4ccccn4)CC3)cc2)c(OC)c1. The summed E-state index contributed by atoms with van der Waals surface area (Å²) in [6, 6.07) is 19.2. The number of methoxy groups -OCH3 is 2. The monoisotopic (exact) mass is 432 g/mol. The quantitative estimate of drug-likeness (QED) is 0.615. The predicted octanol–water partition coefficient (Wildman–Crippen LogP) is 3.67. The van der Waals surface area contributed by atoms with E-state index in [0.29, 0.717) is 17.1 Å². The van der Waals surface area contributed by atoms with Crippen molar-refractivity contribution < 1.29 is 14.3 Å². The van der Waals surface area contributed by atoms with Gasteiger partial charge in [-0.05, 0) is 42.0 Å². The van der Waals surface area contributed by atoms with Crippen molar-refractivity contribution in [3.8, 4) is 11.5 Å². The van der Waals surface area contributed by atoms with Crippen LogP contribution >= 0.6 is 0 Å². The molecule has 0 saturated carbocycles. The molecule has 0 radical (unpaired) electrons. The van der Waals surface area contributed by atoms with Crippen molar-refractivity contribution in [3.63, 3.8) is 0 Å². The Hall–Kier alpha value is -3.58. The summed E-state index contributed by atoms with van der Waals surface area (Å²) in [7, 11) is 3.12.